The normalized spacial score (nSPS) is 12.7. The van der Waals surface area contributed by atoms with Crippen molar-refractivity contribution in [3.63, 3.8) is 0 Å². The lowest BCUT2D eigenvalue weighted by atomic mass is 10.3. The van der Waals surface area contributed by atoms with Gasteiger partial charge in [-0.25, -0.2) is 4.79 Å². The highest BCUT2D eigenvalue weighted by Crippen LogP contribution is 2.38. The van der Waals surface area contributed by atoms with Crippen molar-refractivity contribution < 1.29 is 31.1 Å². The Morgan fingerprint density at radius 2 is 1.70 bits per heavy atom. The maximum atomic E-state index is 12.7. The van der Waals surface area contributed by atoms with Gasteiger partial charge in [-0.2, -0.15) is 35.7 Å². The highest BCUT2D eigenvalue weighted by atomic mass is 19.4. The molecule has 0 aliphatic rings. The summed E-state index contributed by atoms with van der Waals surface area (Å²) in [4.78, 5) is 11.6. The molecule has 7 nitrogen and oxygen atoms in total. The average molecular weight is 300 g/mol. The predicted molar refractivity (Wildman–Crippen MR) is 46.2 cm³/mol. The monoisotopic (exact) mass is 300 g/mol. The molecule has 2 aromatic heterocycles. The molecule has 0 aliphatic carbocycles. The van der Waals surface area contributed by atoms with Gasteiger partial charge in [0.05, 0.1) is 12.4 Å². The lowest BCUT2D eigenvalue weighted by molar-refractivity contribution is -0.166. The summed E-state index contributed by atoms with van der Waals surface area (Å²) >= 11 is 0. The minimum Gasteiger partial charge on any atom is -0.243 e. The summed E-state index contributed by atoms with van der Waals surface area (Å²) in [5.41, 5.74) is -4.64. The molecule has 0 amide bonds. The molecule has 0 aromatic carbocycles. The van der Waals surface area contributed by atoms with Gasteiger partial charge in [-0.05, 0) is 0 Å². The first kappa shape index (κ1) is 14.0. The zero-order valence-corrected chi connectivity index (χ0v) is 9.01. The molecule has 0 atom stereocenters. The molecule has 13 heteroatoms. The average Bonchev–Trinajstić information content (AvgIpc) is 2.95. The van der Waals surface area contributed by atoms with E-state index in [0.717, 1.165) is 12.4 Å². The third kappa shape index (κ3) is 2.33. The lowest BCUT2D eigenvalue weighted by Gasteiger charge is -2.11. The fraction of sp³-hybridized carbons (Fsp3) is 0.286. The number of alkyl halides is 6. The molecule has 0 saturated carbocycles. The van der Waals surface area contributed by atoms with Gasteiger partial charge < -0.3 is 0 Å². The Kier molecular flexibility index (Phi) is 2.98. The summed E-state index contributed by atoms with van der Waals surface area (Å²) in [6.07, 6.45) is -9.10. The van der Waals surface area contributed by atoms with Gasteiger partial charge in [0.1, 0.15) is 0 Å². The fourth-order valence-electron chi connectivity index (χ4n) is 1.27. The zero-order valence-electron chi connectivity index (χ0n) is 9.01. The largest absolute Gasteiger partial charge is 0.437 e. The number of nitrogens with zero attached hydrogens (tertiary/aromatic N) is 6. The Morgan fingerprint density at radius 1 is 1.05 bits per heavy atom. The van der Waals surface area contributed by atoms with Crippen LogP contribution < -0.4 is 0 Å². The molecule has 0 unspecified atom stereocenters. The first-order chi connectivity index (χ1) is 9.12. The van der Waals surface area contributed by atoms with Crippen molar-refractivity contribution in [2.24, 2.45) is 0 Å². The fourth-order valence-corrected chi connectivity index (χ4v) is 1.27. The summed E-state index contributed by atoms with van der Waals surface area (Å²) in [6, 6.07) is -1.60. The van der Waals surface area contributed by atoms with Crippen LogP contribution in [0.15, 0.2) is 12.4 Å². The molecular weight excluding hydrogens is 298 g/mol. The van der Waals surface area contributed by atoms with Gasteiger partial charge in [-0.1, -0.05) is 10.4 Å². The van der Waals surface area contributed by atoms with Gasteiger partial charge in [-0.3, -0.25) is 0 Å². The summed E-state index contributed by atoms with van der Waals surface area (Å²) in [6.45, 7) is 0. The van der Waals surface area contributed by atoms with Crippen molar-refractivity contribution in [3.8, 4) is 0 Å². The number of carbonyl (C=O) groups is 1. The minimum absolute atomic E-state index is 0.282. The first-order valence-electron chi connectivity index (χ1n) is 4.63. The molecule has 0 radical (unpaired) electrons. The Balaban J connectivity index is 2.61. The summed E-state index contributed by atoms with van der Waals surface area (Å²) in [5.74, 6) is 0. The standard InChI is InChI=1S/C7H2F6N6O/c8-6(9,10)3-4(7(11,12)13)19(17-15-3)5(20)18-2-1-14-16-18/h1-2H. The van der Waals surface area contributed by atoms with Crippen LogP contribution in [-0.2, 0) is 12.4 Å². The highest BCUT2D eigenvalue weighted by molar-refractivity contribution is 5.78. The van der Waals surface area contributed by atoms with Gasteiger partial charge in [0.25, 0.3) is 0 Å². The third-order valence-electron chi connectivity index (χ3n) is 2.01. The first-order valence-corrected chi connectivity index (χ1v) is 4.63. The van der Waals surface area contributed by atoms with Crippen molar-refractivity contribution in [3.05, 3.63) is 23.8 Å². The molecule has 2 heterocycles. The van der Waals surface area contributed by atoms with E-state index in [9.17, 15) is 31.1 Å². The van der Waals surface area contributed by atoms with Gasteiger partial charge in [-0.15, -0.1) is 10.2 Å². The van der Waals surface area contributed by atoms with Crippen LogP contribution in [0.5, 0.6) is 0 Å². The maximum Gasteiger partial charge on any atom is 0.437 e. The van der Waals surface area contributed by atoms with Crippen molar-refractivity contribution in [2.75, 3.05) is 0 Å². The Morgan fingerprint density at radius 3 is 2.15 bits per heavy atom. The van der Waals surface area contributed by atoms with E-state index < -0.39 is 34.5 Å². The van der Waals surface area contributed by atoms with Crippen LogP contribution in [0.25, 0.3) is 0 Å². The van der Waals surface area contributed by atoms with E-state index in [1.54, 1.807) is 0 Å². The van der Waals surface area contributed by atoms with Crippen LogP contribution in [0.1, 0.15) is 11.4 Å². The second kappa shape index (κ2) is 4.28. The van der Waals surface area contributed by atoms with Crippen LogP contribution >= 0.6 is 0 Å². The molecule has 2 rings (SSSR count). The zero-order chi connectivity index (χ0) is 15.1. The van der Waals surface area contributed by atoms with Crippen molar-refractivity contribution in [2.45, 2.75) is 12.4 Å². The summed E-state index contributed by atoms with van der Waals surface area (Å²) < 4.78 is 75.1. The molecule has 0 spiro atoms. The summed E-state index contributed by atoms with van der Waals surface area (Å²) in [5, 5.41) is 11.2. The highest BCUT2D eigenvalue weighted by Gasteiger charge is 2.50. The number of hydrogen-bond acceptors (Lipinski definition) is 5. The number of aromatic nitrogens is 6. The molecule has 0 saturated heterocycles. The van der Waals surface area contributed by atoms with Crippen molar-refractivity contribution in [1.82, 2.24) is 30.0 Å². The second-order valence-electron chi connectivity index (χ2n) is 3.32. The van der Waals surface area contributed by atoms with Crippen LogP contribution in [0.4, 0.5) is 31.1 Å². The molecule has 108 valence electrons. The van der Waals surface area contributed by atoms with Crippen molar-refractivity contribution in [1.29, 1.82) is 0 Å². The van der Waals surface area contributed by atoms with Gasteiger partial charge >= 0.3 is 18.4 Å². The molecule has 0 bridgehead atoms. The van der Waals surface area contributed by atoms with Crippen LogP contribution in [0, 0.1) is 0 Å². The molecule has 2 aromatic rings. The topological polar surface area (TPSA) is 78.5 Å². The van der Waals surface area contributed by atoms with E-state index in [2.05, 4.69) is 20.6 Å². The van der Waals surface area contributed by atoms with E-state index in [4.69, 9.17) is 0 Å². The minimum atomic E-state index is -5.48. The lowest BCUT2D eigenvalue weighted by Crippen LogP contribution is -2.28. The van der Waals surface area contributed by atoms with E-state index in [-0.39, 0.29) is 4.68 Å². The Bertz CT molecular complexity index is 625. The van der Waals surface area contributed by atoms with Crippen molar-refractivity contribution >= 4 is 6.03 Å². The molecule has 20 heavy (non-hydrogen) atoms. The van der Waals surface area contributed by atoms with Gasteiger partial charge in [0.15, 0.2) is 11.4 Å². The number of hydrogen-bond donors (Lipinski definition) is 0. The molecular formula is C7H2F6N6O. The number of rotatable bonds is 0. The van der Waals surface area contributed by atoms with Crippen LogP contribution in [0.2, 0.25) is 0 Å². The van der Waals surface area contributed by atoms with E-state index in [1.165, 1.54) is 0 Å². The third-order valence-corrected chi connectivity index (χ3v) is 2.01. The maximum absolute atomic E-state index is 12.7. The van der Waals surface area contributed by atoms with Gasteiger partial charge in [0.2, 0.25) is 0 Å². The Labute approximate surface area is 104 Å². The van der Waals surface area contributed by atoms with E-state index >= 15 is 0 Å². The van der Waals surface area contributed by atoms with Crippen LogP contribution in [-0.4, -0.2) is 36.0 Å². The predicted octanol–water partition coefficient (Wildman–Crippen LogP) is 1.42. The van der Waals surface area contributed by atoms with Gasteiger partial charge in [0, 0.05) is 0 Å². The number of carbonyl (C=O) groups excluding carboxylic acids is 1. The summed E-state index contributed by atoms with van der Waals surface area (Å²) in [7, 11) is 0. The number of halogens is 6. The molecule has 0 aliphatic heterocycles. The smallest absolute Gasteiger partial charge is 0.243 e. The molecule has 0 fully saturated rings. The van der Waals surface area contributed by atoms with Crippen LogP contribution in [0.3, 0.4) is 0 Å². The Hall–Kier alpha value is -2.47. The molecule has 0 N–H and O–H groups in total. The quantitative estimate of drug-likeness (QED) is 0.688. The second-order valence-corrected chi connectivity index (χ2v) is 3.32. The van der Waals surface area contributed by atoms with E-state index in [1.807, 2.05) is 0 Å². The van der Waals surface area contributed by atoms with E-state index in [0.29, 0.717) is 0 Å². The SMILES string of the molecule is O=C(n1ccnn1)n1nnc(C(F)(F)F)c1C(F)(F)F.